The minimum Gasteiger partial charge on any atom is -0.368 e. The first-order chi connectivity index (χ1) is 8.41. The van der Waals surface area contributed by atoms with Gasteiger partial charge in [0, 0.05) is 11.6 Å². The van der Waals surface area contributed by atoms with Crippen molar-refractivity contribution in [3.8, 4) is 0 Å². The number of para-hydroxylation sites is 1. The van der Waals surface area contributed by atoms with Crippen LogP contribution in [-0.2, 0) is 9.59 Å². The summed E-state index contributed by atoms with van der Waals surface area (Å²) in [7, 11) is 0. The van der Waals surface area contributed by atoms with Crippen molar-refractivity contribution in [2.24, 2.45) is 17.4 Å². The lowest BCUT2D eigenvalue weighted by molar-refractivity contribution is -0.121. The van der Waals surface area contributed by atoms with E-state index in [1.807, 2.05) is 31.2 Å². The number of nitrogens with one attached hydrogen (secondary N) is 1. The van der Waals surface area contributed by atoms with E-state index in [1.165, 1.54) is 0 Å². The highest BCUT2D eigenvalue weighted by Crippen LogP contribution is 2.15. The molecule has 1 rings (SSSR count). The summed E-state index contributed by atoms with van der Waals surface area (Å²) in [5.74, 6) is -1.13. The summed E-state index contributed by atoms with van der Waals surface area (Å²) in [6.45, 7) is 3.63. The van der Waals surface area contributed by atoms with Gasteiger partial charge in [-0.25, -0.2) is 0 Å². The summed E-state index contributed by atoms with van der Waals surface area (Å²) in [6, 6.07) is 6.70. The lowest BCUT2D eigenvalue weighted by Crippen LogP contribution is -2.39. The first kappa shape index (κ1) is 14.2. The molecule has 0 aliphatic heterocycles. The molecule has 0 spiro atoms. The third kappa shape index (κ3) is 3.85. The molecule has 1 unspecified atom stereocenters. The molecule has 18 heavy (non-hydrogen) atoms. The minimum atomic E-state index is -0.789. The van der Waals surface area contributed by atoms with Crippen LogP contribution in [0.5, 0.6) is 0 Å². The number of nitrogens with two attached hydrogens (primary N) is 2. The molecule has 1 aromatic rings. The number of anilines is 1. The highest BCUT2D eigenvalue weighted by molar-refractivity contribution is 5.93. The van der Waals surface area contributed by atoms with Gasteiger partial charge in [0.2, 0.25) is 11.8 Å². The monoisotopic (exact) mass is 249 g/mol. The topological polar surface area (TPSA) is 98.2 Å². The van der Waals surface area contributed by atoms with Crippen LogP contribution in [0, 0.1) is 12.8 Å². The molecule has 5 N–H and O–H groups in total. The SMILES string of the molecule is Cc1ccccc1NC(=O)C(C)C[C@H](N)C(N)=O. The van der Waals surface area contributed by atoms with Crippen molar-refractivity contribution in [1.82, 2.24) is 0 Å². The standard InChI is InChI=1S/C13H19N3O2/c1-8-5-3-4-6-11(8)16-13(18)9(2)7-10(14)12(15)17/h3-6,9-10H,7,14H2,1-2H3,(H2,15,17)(H,16,18)/t9?,10-/m0/s1. The van der Waals surface area contributed by atoms with Gasteiger partial charge in [-0.15, -0.1) is 0 Å². The summed E-state index contributed by atoms with van der Waals surface area (Å²) in [4.78, 5) is 22.7. The Hall–Kier alpha value is -1.88. The summed E-state index contributed by atoms with van der Waals surface area (Å²) in [5, 5.41) is 2.81. The molecule has 1 aromatic carbocycles. The van der Waals surface area contributed by atoms with E-state index >= 15 is 0 Å². The molecule has 5 nitrogen and oxygen atoms in total. The van der Waals surface area contributed by atoms with Crippen molar-refractivity contribution in [3.63, 3.8) is 0 Å². The molecule has 5 heteroatoms. The van der Waals surface area contributed by atoms with E-state index in [4.69, 9.17) is 11.5 Å². The Labute approximate surface area is 107 Å². The maximum absolute atomic E-state index is 11.9. The molecule has 0 bridgehead atoms. The van der Waals surface area contributed by atoms with Gasteiger partial charge in [-0.3, -0.25) is 9.59 Å². The molecule has 98 valence electrons. The first-order valence-electron chi connectivity index (χ1n) is 5.83. The van der Waals surface area contributed by atoms with Crippen LogP contribution in [0.25, 0.3) is 0 Å². The van der Waals surface area contributed by atoms with Crippen LogP contribution in [0.2, 0.25) is 0 Å². The van der Waals surface area contributed by atoms with Gasteiger partial charge in [0.05, 0.1) is 6.04 Å². The fourth-order valence-electron chi connectivity index (χ4n) is 1.57. The highest BCUT2D eigenvalue weighted by atomic mass is 16.2. The fraction of sp³-hybridized carbons (Fsp3) is 0.385. The number of carbonyl (C=O) groups excluding carboxylic acids is 2. The first-order valence-corrected chi connectivity index (χ1v) is 5.83. The molecule has 0 aliphatic carbocycles. The number of primary amides is 1. The Bertz CT molecular complexity index is 446. The van der Waals surface area contributed by atoms with Crippen molar-refractivity contribution in [2.75, 3.05) is 5.32 Å². The van der Waals surface area contributed by atoms with Crippen LogP contribution in [0.4, 0.5) is 5.69 Å². The molecular weight excluding hydrogens is 230 g/mol. The highest BCUT2D eigenvalue weighted by Gasteiger charge is 2.20. The number of amides is 2. The second-order valence-electron chi connectivity index (χ2n) is 4.45. The van der Waals surface area contributed by atoms with Gasteiger partial charge in [0.25, 0.3) is 0 Å². The number of rotatable bonds is 5. The second kappa shape index (κ2) is 6.16. The molecular formula is C13H19N3O2. The number of aryl methyl sites for hydroxylation is 1. The molecule has 2 atom stereocenters. The lowest BCUT2D eigenvalue weighted by atomic mass is 10.0. The number of benzene rings is 1. The maximum atomic E-state index is 11.9. The number of hydrogen-bond donors (Lipinski definition) is 3. The predicted molar refractivity (Wildman–Crippen MR) is 70.8 cm³/mol. The van der Waals surface area contributed by atoms with Gasteiger partial charge < -0.3 is 16.8 Å². The van der Waals surface area contributed by atoms with Crippen LogP contribution in [-0.4, -0.2) is 17.9 Å². The molecule has 0 radical (unpaired) electrons. The summed E-state index contributed by atoms with van der Waals surface area (Å²) in [5.41, 5.74) is 12.3. The Morgan fingerprint density at radius 1 is 1.33 bits per heavy atom. The Kier molecular flexibility index (Phi) is 4.85. The quantitative estimate of drug-likeness (QED) is 0.719. The third-order valence-electron chi connectivity index (χ3n) is 2.82. The van der Waals surface area contributed by atoms with E-state index in [2.05, 4.69) is 5.32 Å². The summed E-state index contributed by atoms with van der Waals surface area (Å²) in [6.07, 6.45) is 0.243. The fourth-order valence-corrected chi connectivity index (χ4v) is 1.57. The zero-order valence-electron chi connectivity index (χ0n) is 10.6. The van der Waals surface area contributed by atoms with Crippen molar-refractivity contribution >= 4 is 17.5 Å². The van der Waals surface area contributed by atoms with E-state index in [1.54, 1.807) is 6.92 Å². The van der Waals surface area contributed by atoms with Gasteiger partial charge >= 0.3 is 0 Å². The van der Waals surface area contributed by atoms with E-state index in [0.29, 0.717) is 0 Å². The van der Waals surface area contributed by atoms with Crippen molar-refractivity contribution in [2.45, 2.75) is 26.3 Å². The molecule has 0 saturated carbocycles. The molecule has 0 fully saturated rings. The predicted octanol–water partition coefficient (Wildman–Crippen LogP) is 0.772. The van der Waals surface area contributed by atoms with Crippen molar-refractivity contribution in [3.05, 3.63) is 29.8 Å². The molecule has 0 aromatic heterocycles. The Morgan fingerprint density at radius 3 is 2.50 bits per heavy atom. The average Bonchev–Trinajstić information content (AvgIpc) is 2.31. The minimum absolute atomic E-state index is 0.166. The van der Waals surface area contributed by atoms with E-state index in [0.717, 1.165) is 11.3 Å². The zero-order chi connectivity index (χ0) is 13.7. The van der Waals surface area contributed by atoms with E-state index < -0.39 is 11.9 Å². The Morgan fingerprint density at radius 2 is 1.94 bits per heavy atom. The summed E-state index contributed by atoms with van der Waals surface area (Å²) >= 11 is 0. The van der Waals surface area contributed by atoms with Crippen LogP contribution in [0.15, 0.2) is 24.3 Å². The van der Waals surface area contributed by atoms with Gasteiger partial charge in [0.1, 0.15) is 0 Å². The average molecular weight is 249 g/mol. The van der Waals surface area contributed by atoms with Crippen LogP contribution >= 0.6 is 0 Å². The smallest absolute Gasteiger partial charge is 0.234 e. The van der Waals surface area contributed by atoms with Crippen LogP contribution < -0.4 is 16.8 Å². The lowest BCUT2D eigenvalue weighted by Gasteiger charge is -2.15. The maximum Gasteiger partial charge on any atom is 0.234 e. The normalized spacial score (nSPS) is 13.7. The summed E-state index contributed by atoms with van der Waals surface area (Å²) < 4.78 is 0. The van der Waals surface area contributed by atoms with Crippen LogP contribution in [0.3, 0.4) is 0 Å². The second-order valence-corrected chi connectivity index (χ2v) is 4.45. The zero-order valence-corrected chi connectivity index (χ0v) is 10.6. The number of carbonyl (C=O) groups is 2. The van der Waals surface area contributed by atoms with Gasteiger partial charge in [-0.1, -0.05) is 25.1 Å². The molecule has 0 heterocycles. The molecule has 0 saturated heterocycles. The van der Waals surface area contributed by atoms with Crippen molar-refractivity contribution < 1.29 is 9.59 Å². The van der Waals surface area contributed by atoms with Gasteiger partial charge in [-0.05, 0) is 25.0 Å². The third-order valence-corrected chi connectivity index (χ3v) is 2.82. The van der Waals surface area contributed by atoms with Crippen LogP contribution in [0.1, 0.15) is 18.9 Å². The Balaban J connectivity index is 2.61. The largest absolute Gasteiger partial charge is 0.368 e. The van der Waals surface area contributed by atoms with Gasteiger partial charge in [-0.2, -0.15) is 0 Å². The van der Waals surface area contributed by atoms with Gasteiger partial charge in [0.15, 0.2) is 0 Å². The number of hydrogen-bond acceptors (Lipinski definition) is 3. The molecule has 2 amide bonds. The van der Waals surface area contributed by atoms with Crippen molar-refractivity contribution in [1.29, 1.82) is 0 Å². The van der Waals surface area contributed by atoms with E-state index in [9.17, 15) is 9.59 Å². The molecule has 0 aliphatic rings. The van der Waals surface area contributed by atoms with E-state index in [-0.39, 0.29) is 18.2 Å².